The van der Waals surface area contributed by atoms with Crippen LogP contribution in [0.4, 0.5) is 0 Å². The molecule has 3 atom stereocenters. The van der Waals surface area contributed by atoms with Gasteiger partial charge in [-0.15, -0.1) is 0 Å². The van der Waals surface area contributed by atoms with Gasteiger partial charge >= 0.3 is 0 Å². The van der Waals surface area contributed by atoms with Crippen LogP contribution in [0.3, 0.4) is 0 Å². The molecule has 2 rings (SSSR count). The third-order valence-corrected chi connectivity index (χ3v) is 2.83. The quantitative estimate of drug-likeness (QED) is 0.236. The molecule has 2 fully saturated rings. The fourth-order valence-electron chi connectivity index (χ4n) is 2.19. The third-order valence-electron chi connectivity index (χ3n) is 2.83. The molecule has 4 heteroatoms. The molecule has 11 heavy (non-hydrogen) atoms. The minimum absolute atomic E-state index is 0.314. The van der Waals surface area contributed by atoms with Crippen LogP contribution in [0.25, 0.3) is 0 Å². The van der Waals surface area contributed by atoms with E-state index in [1.54, 1.807) is 0 Å². The highest BCUT2D eigenvalue weighted by Gasteiger charge is 2.39. The predicted octanol–water partition coefficient (Wildman–Crippen LogP) is -0.316. The Balaban J connectivity index is 2.08. The molecule has 0 spiro atoms. The molecule has 3 N–H and O–H groups in total. The van der Waals surface area contributed by atoms with E-state index < -0.39 is 0 Å². The number of hydrogen-bond acceptors (Lipinski definition) is 3. The SMILES string of the molecule is N/C(=N\O)[C@H]1CN2CC[C@H]1C2. The van der Waals surface area contributed by atoms with Crippen molar-refractivity contribution in [2.45, 2.75) is 6.42 Å². The number of oxime groups is 1. The minimum Gasteiger partial charge on any atom is -0.409 e. The topological polar surface area (TPSA) is 61.9 Å². The number of hydrogen-bond donors (Lipinski definition) is 2. The number of amidine groups is 1. The van der Waals surface area contributed by atoms with Gasteiger partial charge in [0.15, 0.2) is 0 Å². The fourth-order valence-corrected chi connectivity index (χ4v) is 2.19. The van der Waals surface area contributed by atoms with E-state index in [0.717, 1.165) is 13.1 Å². The van der Waals surface area contributed by atoms with Gasteiger partial charge < -0.3 is 15.8 Å². The highest BCUT2D eigenvalue weighted by Crippen LogP contribution is 2.32. The van der Waals surface area contributed by atoms with Crippen molar-refractivity contribution in [2.24, 2.45) is 22.7 Å². The van der Waals surface area contributed by atoms with E-state index in [9.17, 15) is 0 Å². The molecule has 0 aromatic carbocycles. The van der Waals surface area contributed by atoms with E-state index in [1.165, 1.54) is 13.0 Å². The fraction of sp³-hybridized carbons (Fsp3) is 0.857. The van der Waals surface area contributed by atoms with Crippen molar-refractivity contribution in [3.8, 4) is 0 Å². The van der Waals surface area contributed by atoms with Gasteiger partial charge in [0.2, 0.25) is 0 Å². The van der Waals surface area contributed by atoms with Gasteiger partial charge in [0.25, 0.3) is 0 Å². The minimum atomic E-state index is 0.314. The van der Waals surface area contributed by atoms with Gasteiger partial charge in [-0.3, -0.25) is 0 Å². The largest absolute Gasteiger partial charge is 0.409 e. The molecule has 2 saturated heterocycles. The highest BCUT2D eigenvalue weighted by molar-refractivity contribution is 5.83. The molecule has 0 radical (unpaired) electrons. The Morgan fingerprint density at radius 2 is 2.36 bits per heavy atom. The molecule has 2 bridgehead atoms. The monoisotopic (exact) mass is 155 g/mol. The average Bonchev–Trinajstić information content (AvgIpc) is 2.62. The lowest BCUT2D eigenvalue weighted by Crippen LogP contribution is -2.34. The lowest BCUT2D eigenvalue weighted by atomic mass is 9.92. The molecular weight excluding hydrogens is 142 g/mol. The average molecular weight is 155 g/mol. The molecule has 2 aliphatic rings. The van der Waals surface area contributed by atoms with Gasteiger partial charge in [0.1, 0.15) is 5.84 Å². The Morgan fingerprint density at radius 1 is 1.55 bits per heavy atom. The van der Waals surface area contributed by atoms with Crippen molar-refractivity contribution in [2.75, 3.05) is 19.6 Å². The number of piperidine rings is 1. The van der Waals surface area contributed by atoms with Crippen LogP contribution in [0.2, 0.25) is 0 Å². The molecule has 2 aliphatic heterocycles. The second-order valence-electron chi connectivity index (χ2n) is 3.44. The normalized spacial score (nSPS) is 43.3. The first kappa shape index (κ1) is 6.91. The Labute approximate surface area is 65.7 Å². The van der Waals surface area contributed by atoms with Gasteiger partial charge in [-0.2, -0.15) is 0 Å². The van der Waals surface area contributed by atoms with Crippen molar-refractivity contribution >= 4 is 5.84 Å². The number of nitrogens with zero attached hydrogens (tertiary/aromatic N) is 2. The van der Waals surface area contributed by atoms with E-state index in [2.05, 4.69) is 10.1 Å². The summed E-state index contributed by atoms with van der Waals surface area (Å²) in [5, 5.41) is 11.5. The molecule has 0 aromatic rings. The second kappa shape index (κ2) is 2.37. The summed E-state index contributed by atoms with van der Waals surface area (Å²) in [6.45, 7) is 3.32. The Kier molecular flexibility index (Phi) is 1.49. The zero-order valence-corrected chi connectivity index (χ0v) is 6.40. The van der Waals surface area contributed by atoms with Gasteiger partial charge in [0, 0.05) is 19.0 Å². The van der Waals surface area contributed by atoms with E-state index >= 15 is 0 Å². The summed E-state index contributed by atoms with van der Waals surface area (Å²) in [5.74, 6) is 1.37. The Bertz CT molecular complexity index is 192. The van der Waals surface area contributed by atoms with Crippen LogP contribution in [0.5, 0.6) is 0 Å². The Morgan fingerprint density at radius 3 is 2.82 bits per heavy atom. The molecule has 0 saturated carbocycles. The molecular formula is C7H13N3O. The van der Waals surface area contributed by atoms with Crippen LogP contribution in [0, 0.1) is 11.8 Å². The second-order valence-corrected chi connectivity index (χ2v) is 3.44. The third kappa shape index (κ3) is 0.976. The summed E-state index contributed by atoms with van der Waals surface area (Å²) in [6.07, 6.45) is 1.21. The molecule has 62 valence electrons. The van der Waals surface area contributed by atoms with E-state index in [-0.39, 0.29) is 0 Å². The standard InChI is InChI=1S/C7H13N3O/c8-7(9-11)6-4-10-2-1-5(6)3-10/h5-6,11H,1-4H2,(H2,8,9)/t5-,6-/m0/s1. The summed E-state index contributed by atoms with van der Waals surface area (Å²) >= 11 is 0. The summed E-state index contributed by atoms with van der Waals surface area (Å²) < 4.78 is 0. The smallest absolute Gasteiger partial charge is 0.143 e. The molecule has 0 amide bonds. The van der Waals surface area contributed by atoms with Crippen molar-refractivity contribution in [1.29, 1.82) is 0 Å². The van der Waals surface area contributed by atoms with Crippen molar-refractivity contribution in [3.63, 3.8) is 0 Å². The number of fused-ring (bicyclic) bond motifs is 2. The first-order valence-corrected chi connectivity index (χ1v) is 4.01. The van der Waals surface area contributed by atoms with Crippen molar-refractivity contribution < 1.29 is 5.21 Å². The molecule has 0 aromatic heterocycles. The zero-order valence-electron chi connectivity index (χ0n) is 6.40. The van der Waals surface area contributed by atoms with E-state index in [0.29, 0.717) is 17.7 Å². The van der Waals surface area contributed by atoms with Gasteiger partial charge in [0.05, 0.1) is 0 Å². The summed E-state index contributed by atoms with van der Waals surface area (Å²) in [5.41, 5.74) is 5.54. The van der Waals surface area contributed by atoms with Crippen LogP contribution in [-0.4, -0.2) is 35.6 Å². The molecule has 0 aliphatic carbocycles. The first-order valence-electron chi connectivity index (χ1n) is 4.01. The first-order chi connectivity index (χ1) is 5.31. The molecule has 1 unspecified atom stereocenters. The van der Waals surface area contributed by atoms with Crippen LogP contribution in [0.15, 0.2) is 5.16 Å². The maximum atomic E-state index is 8.47. The zero-order chi connectivity index (χ0) is 7.84. The maximum Gasteiger partial charge on any atom is 0.143 e. The van der Waals surface area contributed by atoms with E-state index in [1.807, 2.05) is 0 Å². The van der Waals surface area contributed by atoms with Crippen LogP contribution < -0.4 is 5.73 Å². The highest BCUT2D eigenvalue weighted by atomic mass is 16.4. The van der Waals surface area contributed by atoms with Crippen LogP contribution in [-0.2, 0) is 0 Å². The number of nitrogens with two attached hydrogens (primary N) is 1. The summed E-state index contributed by atoms with van der Waals surface area (Å²) in [4.78, 5) is 2.37. The Hall–Kier alpha value is -0.770. The maximum absolute atomic E-state index is 8.47. The van der Waals surface area contributed by atoms with E-state index in [4.69, 9.17) is 10.9 Å². The van der Waals surface area contributed by atoms with Gasteiger partial charge in [-0.1, -0.05) is 5.16 Å². The molecule has 2 heterocycles. The van der Waals surface area contributed by atoms with Crippen molar-refractivity contribution in [3.05, 3.63) is 0 Å². The van der Waals surface area contributed by atoms with Gasteiger partial charge in [-0.25, -0.2) is 0 Å². The molecule has 4 nitrogen and oxygen atoms in total. The van der Waals surface area contributed by atoms with Crippen LogP contribution in [0.1, 0.15) is 6.42 Å². The lowest BCUT2D eigenvalue weighted by molar-refractivity contribution is 0.301. The summed E-state index contributed by atoms with van der Waals surface area (Å²) in [7, 11) is 0. The summed E-state index contributed by atoms with van der Waals surface area (Å²) in [6, 6.07) is 0. The van der Waals surface area contributed by atoms with Gasteiger partial charge in [-0.05, 0) is 18.9 Å². The lowest BCUT2D eigenvalue weighted by Gasteiger charge is -2.20. The van der Waals surface area contributed by atoms with Crippen LogP contribution >= 0.6 is 0 Å². The number of rotatable bonds is 1. The predicted molar refractivity (Wildman–Crippen MR) is 41.4 cm³/mol. The van der Waals surface area contributed by atoms with Crippen molar-refractivity contribution in [1.82, 2.24) is 4.90 Å².